The Balaban J connectivity index is 0.822. The van der Waals surface area contributed by atoms with E-state index in [1.54, 1.807) is 17.4 Å². The molecule has 4 N–H and O–H groups in total. The Morgan fingerprint density at radius 3 is 2.36 bits per heavy atom. The number of aromatic amines is 1. The average molecular weight is 1060 g/mol. The van der Waals surface area contributed by atoms with Crippen molar-refractivity contribution in [3.8, 4) is 27.4 Å². The number of β-amino-alcohol motifs (C(OH)–C–C–N with tert-alkyl or cyclic N) is 1. The number of amides is 3. The Morgan fingerprint density at radius 2 is 1.67 bits per heavy atom. The van der Waals surface area contributed by atoms with E-state index in [-0.39, 0.29) is 67.2 Å². The largest absolute Gasteiger partial charge is 0.473 e. The Hall–Kier alpha value is -6.66. The fourth-order valence-electron chi connectivity index (χ4n) is 10.5. The number of aliphatic hydroxyl groups is 1. The summed E-state index contributed by atoms with van der Waals surface area (Å²) in [6, 6.07) is 23.2. The lowest BCUT2D eigenvalue weighted by Gasteiger charge is -2.37. The summed E-state index contributed by atoms with van der Waals surface area (Å²) in [5.74, 6) is -1.29. The molecule has 0 radical (unpaired) electrons. The molecule has 3 aromatic heterocycles. The average Bonchev–Trinajstić information content (AvgIpc) is 4.17. The molecule has 0 spiro atoms. The van der Waals surface area contributed by atoms with Crippen molar-refractivity contribution in [1.82, 2.24) is 30.7 Å². The van der Waals surface area contributed by atoms with Gasteiger partial charge in [0, 0.05) is 80.5 Å². The van der Waals surface area contributed by atoms with Gasteiger partial charge in [-0.25, -0.2) is 4.98 Å². The Kier molecular flexibility index (Phi) is 18.6. The summed E-state index contributed by atoms with van der Waals surface area (Å²) in [6.07, 6.45) is 2.70. The second-order valence-electron chi connectivity index (χ2n) is 20.5. The van der Waals surface area contributed by atoms with Crippen molar-refractivity contribution >= 4 is 34.7 Å². The first kappa shape index (κ1) is 55.6. The minimum atomic E-state index is -0.849. The van der Waals surface area contributed by atoms with E-state index in [9.17, 15) is 24.3 Å². The first-order valence-electron chi connectivity index (χ1n) is 26.6. The quantitative estimate of drug-likeness (QED) is 0.0471. The Morgan fingerprint density at radius 1 is 0.934 bits per heavy atom. The summed E-state index contributed by atoms with van der Waals surface area (Å²) in [6.45, 7) is 19.0. The zero-order valence-corrected chi connectivity index (χ0v) is 45.9. The third kappa shape index (κ3) is 13.3. The van der Waals surface area contributed by atoms with Crippen LogP contribution in [-0.4, -0.2) is 107 Å². The third-order valence-electron chi connectivity index (χ3n) is 14.7. The molecule has 3 amide bonds. The molecule has 6 aromatic rings. The fourth-order valence-corrected chi connectivity index (χ4v) is 11.3. The summed E-state index contributed by atoms with van der Waals surface area (Å²) < 4.78 is 23.2. The lowest BCUT2D eigenvalue weighted by atomic mass is 9.91. The van der Waals surface area contributed by atoms with E-state index >= 15 is 0 Å². The summed E-state index contributed by atoms with van der Waals surface area (Å²) >= 11 is 1.58. The number of hydrogen-bond donors (Lipinski definition) is 4. The molecule has 1 unspecified atom stereocenters. The highest BCUT2D eigenvalue weighted by Gasteiger charge is 2.43. The van der Waals surface area contributed by atoms with Crippen LogP contribution in [0.1, 0.15) is 121 Å². The summed E-state index contributed by atoms with van der Waals surface area (Å²) in [5.41, 5.74) is 12.3. The number of rotatable bonds is 22. The second-order valence-corrected chi connectivity index (χ2v) is 21.3. The number of H-pyrrole nitrogens is 1. The molecular weight excluding hydrogens is 983 g/mol. The first-order chi connectivity index (χ1) is 36.6. The van der Waals surface area contributed by atoms with Gasteiger partial charge in [0.25, 0.3) is 17.3 Å². The number of nitrogens with one attached hydrogen (secondary N) is 3. The molecule has 404 valence electrons. The minimum absolute atomic E-state index is 0.0330. The summed E-state index contributed by atoms with van der Waals surface area (Å²) in [4.78, 5) is 66.9. The number of ether oxygens (including phenoxy) is 3. The summed E-state index contributed by atoms with van der Waals surface area (Å²) in [5, 5.41) is 20.9. The van der Waals surface area contributed by atoms with Crippen molar-refractivity contribution in [3.63, 3.8) is 0 Å². The number of pyridine rings is 1. The number of hydrogen-bond acceptors (Lipinski definition) is 13. The molecule has 2 aliphatic heterocycles. The Bertz CT molecular complexity index is 3000. The van der Waals surface area contributed by atoms with E-state index in [4.69, 9.17) is 18.7 Å². The van der Waals surface area contributed by atoms with E-state index in [2.05, 4.69) is 67.9 Å². The van der Waals surface area contributed by atoms with Crippen LogP contribution in [-0.2, 0) is 32.0 Å². The topological polar surface area (TPSA) is 201 Å². The van der Waals surface area contributed by atoms with E-state index in [1.807, 2.05) is 90.4 Å². The van der Waals surface area contributed by atoms with Crippen LogP contribution in [0, 0.1) is 33.6 Å². The SMILES string of the molecule is CCN(c1cc(-c2ccc(CCCOCCOc3cc(C(C(=O)N4C[C@H](O)C[C@H]4C(=O)N[C@@H](C)c4ccc(-c5scnc5C)cc4)C(C)C)on3)cc2)cc(C(=O)NCc2c(C)cc(C)[nH]c2=O)c1C)C1CCOCC1. The van der Waals surface area contributed by atoms with Gasteiger partial charge in [0.05, 0.1) is 34.8 Å². The molecule has 5 heterocycles. The number of benzene rings is 3. The second kappa shape index (κ2) is 25.5. The van der Waals surface area contributed by atoms with Gasteiger partial charge >= 0.3 is 0 Å². The maximum absolute atomic E-state index is 14.2. The molecule has 0 aliphatic carbocycles. The fraction of sp³-hybridized carbons (Fsp3) is 0.458. The lowest BCUT2D eigenvalue weighted by molar-refractivity contribution is -0.141. The van der Waals surface area contributed by atoms with Crippen LogP contribution in [0.4, 0.5) is 5.69 Å². The highest BCUT2D eigenvalue weighted by molar-refractivity contribution is 7.13. The van der Waals surface area contributed by atoms with Gasteiger partial charge in [0.1, 0.15) is 18.6 Å². The smallest absolute Gasteiger partial charge is 0.254 e. The van der Waals surface area contributed by atoms with E-state index in [0.717, 1.165) is 93.1 Å². The number of anilines is 1. The van der Waals surface area contributed by atoms with Gasteiger partial charge in [-0.1, -0.05) is 62.4 Å². The van der Waals surface area contributed by atoms with E-state index in [1.165, 1.54) is 4.90 Å². The minimum Gasteiger partial charge on any atom is -0.473 e. The van der Waals surface area contributed by atoms with Gasteiger partial charge < -0.3 is 49.3 Å². The van der Waals surface area contributed by atoms with Gasteiger partial charge in [0.15, 0.2) is 5.76 Å². The van der Waals surface area contributed by atoms with Gasteiger partial charge in [-0.05, 0) is 135 Å². The monoisotopic (exact) mass is 1060 g/mol. The van der Waals surface area contributed by atoms with Crippen LogP contribution >= 0.6 is 11.3 Å². The molecular formula is C59H73N7O9S. The number of aryl methyl sites for hydroxylation is 4. The molecule has 2 aliphatic rings. The van der Waals surface area contributed by atoms with Crippen LogP contribution in [0.25, 0.3) is 21.6 Å². The molecule has 16 nitrogen and oxygen atoms in total. The number of carbonyl (C=O) groups excluding carboxylic acids is 3. The van der Waals surface area contributed by atoms with Crippen LogP contribution < -0.4 is 25.8 Å². The molecule has 4 atom stereocenters. The molecule has 0 saturated carbocycles. The van der Waals surface area contributed by atoms with Crippen molar-refractivity contribution in [2.24, 2.45) is 5.92 Å². The molecule has 2 fully saturated rings. The summed E-state index contributed by atoms with van der Waals surface area (Å²) in [7, 11) is 0. The molecule has 76 heavy (non-hydrogen) atoms. The molecule has 3 aromatic carbocycles. The number of aromatic nitrogens is 3. The van der Waals surface area contributed by atoms with Gasteiger partial charge in [0.2, 0.25) is 11.8 Å². The maximum Gasteiger partial charge on any atom is 0.254 e. The predicted octanol–water partition coefficient (Wildman–Crippen LogP) is 8.93. The first-order valence-corrected chi connectivity index (χ1v) is 27.5. The number of carbonyl (C=O) groups is 3. The van der Waals surface area contributed by atoms with Crippen molar-refractivity contribution in [2.45, 2.75) is 124 Å². The Labute approximate surface area is 449 Å². The number of aliphatic hydroxyl groups excluding tert-OH is 1. The molecule has 8 rings (SSSR count). The number of likely N-dealkylation sites (tertiary alicyclic amines) is 1. The van der Waals surface area contributed by atoms with E-state index < -0.39 is 18.1 Å². The van der Waals surface area contributed by atoms with Gasteiger partial charge in [-0.2, -0.15) is 0 Å². The zero-order chi connectivity index (χ0) is 54.0. The normalized spacial score (nSPS) is 16.7. The molecule has 0 bridgehead atoms. The van der Waals surface area contributed by atoms with E-state index in [0.29, 0.717) is 49.4 Å². The van der Waals surface area contributed by atoms with Gasteiger partial charge in [-0.15, -0.1) is 11.3 Å². The van der Waals surface area contributed by atoms with Crippen LogP contribution in [0.5, 0.6) is 5.88 Å². The lowest BCUT2D eigenvalue weighted by Crippen LogP contribution is -2.48. The van der Waals surface area contributed by atoms with Gasteiger partial charge in [-0.3, -0.25) is 19.2 Å². The van der Waals surface area contributed by atoms with Crippen LogP contribution in [0.2, 0.25) is 0 Å². The van der Waals surface area contributed by atoms with Crippen molar-refractivity contribution < 1.29 is 38.2 Å². The highest BCUT2D eigenvalue weighted by Crippen LogP contribution is 2.36. The molecule has 2 saturated heterocycles. The van der Waals surface area contributed by atoms with Crippen molar-refractivity contribution in [3.05, 3.63) is 139 Å². The van der Waals surface area contributed by atoms with Crippen LogP contribution in [0.3, 0.4) is 0 Å². The van der Waals surface area contributed by atoms with Crippen molar-refractivity contribution in [2.75, 3.05) is 51.0 Å². The number of nitrogens with zero attached hydrogens (tertiary/aromatic N) is 4. The standard InChI is InChI=1S/C59H73N7O9S/c1-9-65(46-20-23-73-24-21-46)50-29-45(28-48(38(50)6)56(68)60-32-49-36(4)27-37(5)62-57(49)69)43-14-12-41(13-15-43)11-10-22-72-25-26-74-53-31-52(75-64-53)54(35(2)3)59(71)66-33-47(67)30-51(66)58(70)63-39(7)42-16-18-44(19-17-42)55-40(8)61-34-76-55/h12-19,27-29,31,34-35,39,46-47,51,54,67H,9-11,20-26,30,32-33H2,1-8H3,(H,60,68)(H,62,69)(H,63,70)/t39-,47+,51-,54?/m0/s1. The number of thiazole rings is 1. The zero-order valence-electron chi connectivity index (χ0n) is 45.1. The third-order valence-corrected chi connectivity index (χ3v) is 15.7. The van der Waals surface area contributed by atoms with Crippen molar-refractivity contribution in [1.29, 1.82) is 0 Å². The van der Waals surface area contributed by atoms with Crippen LogP contribution in [0.15, 0.2) is 87.6 Å². The highest BCUT2D eigenvalue weighted by atomic mass is 32.1. The molecule has 17 heteroatoms. The maximum atomic E-state index is 14.2. The predicted molar refractivity (Wildman–Crippen MR) is 295 cm³/mol.